The van der Waals surface area contributed by atoms with Crippen molar-refractivity contribution < 1.29 is 18.3 Å². The van der Waals surface area contributed by atoms with Crippen molar-refractivity contribution in [3.63, 3.8) is 0 Å². The van der Waals surface area contributed by atoms with Crippen LogP contribution >= 0.6 is 11.3 Å². The number of aliphatic hydroxyl groups excluding tert-OH is 1. The average Bonchev–Trinajstić information content (AvgIpc) is 2.96. The van der Waals surface area contributed by atoms with Crippen LogP contribution in [0.25, 0.3) is 0 Å². The van der Waals surface area contributed by atoms with E-state index in [9.17, 15) is 18.3 Å². The predicted molar refractivity (Wildman–Crippen MR) is 83.6 cm³/mol. The lowest BCUT2D eigenvalue weighted by molar-refractivity contribution is -0.140. The quantitative estimate of drug-likeness (QED) is 0.645. The van der Waals surface area contributed by atoms with Crippen LogP contribution in [0, 0.1) is 0 Å². The molecule has 1 fully saturated rings. The minimum absolute atomic E-state index is 0.259. The number of piperidine rings is 1. The van der Waals surface area contributed by atoms with Crippen LogP contribution in [0.4, 0.5) is 13.2 Å². The predicted octanol–water partition coefficient (Wildman–Crippen LogP) is 2.13. The maximum atomic E-state index is 12.5. The zero-order valence-corrected chi connectivity index (χ0v) is 13.8. The number of aliphatic imine (C=N–C) groups is 1. The highest BCUT2D eigenvalue weighted by Gasteiger charge is 2.33. The lowest BCUT2D eigenvalue weighted by Crippen LogP contribution is -2.46. The van der Waals surface area contributed by atoms with Crippen LogP contribution < -0.4 is 5.32 Å². The fraction of sp³-hybridized carbons (Fsp3) is 0.714. The van der Waals surface area contributed by atoms with Crippen molar-refractivity contribution in [2.75, 3.05) is 26.2 Å². The molecule has 0 saturated carbocycles. The highest BCUT2D eigenvalue weighted by atomic mass is 32.1. The van der Waals surface area contributed by atoms with E-state index in [1.54, 1.807) is 0 Å². The van der Waals surface area contributed by atoms with Gasteiger partial charge in [0.05, 0.1) is 11.1 Å². The molecule has 0 unspecified atom stereocenters. The van der Waals surface area contributed by atoms with Gasteiger partial charge in [-0.05, 0) is 19.8 Å². The number of guanidine groups is 1. The summed E-state index contributed by atoms with van der Waals surface area (Å²) in [6, 6.07) is 0. The molecule has 2 N–H and O–H groups in total. The van der Waals surface area contributed by atoms with Crippen molar-refractivity contribution >= 4 is 17.3 Å². The first kappa shape index (κ1) is 18.0. The van der Waals surface area contributed by atoms with Gasteiger partial charge in [-0.15, -0.1) is 11.3 Å². The minimum atomic E-state index is -4.39. The second-order valence-electron chi connectivity index (χ2n) is 5.33. The normalized spacial score (nSPS) is 17.6. The standard InChI is InChI=1S/C14H21F3N4OS/c1-2-18-13(21-7-4-10(22)5-8-21)19-6-3-12-20-11(9-23-12)14(15,16)17/h9-10,22H,2-8H2,1H3,(H,18,19). The van der Waals surface area contributed by atoms with Crippen molar-refractivity contribution in [2.45, 2.75) is 38.5 Å². The van der Waals surface area contributed by atoms with Crippen LogP contribution in [-0.2, 0) is 12.6 Å². The summed E-state index contributed by atoms with van der Waals surface area (Å²) in [5.41, 5.74) is -0.835. The van der Waals surface area contributed by atoms with Crippen molar-refractivity contribution in [3.8, 4) is 0 Å². The number of aliphatic hydroxyl groups is 1. The van der Waals surface area contributed by atoms with Crippen LogP contribution in [0.15, 0.2) is 10.4 Å². The number of aromatic nitrogens is 1. The van der Waals surface area contributed by atoms with Gasteiger partial charge in [0.25, 0.3) is 0 Å². The molecule has 0 radical (unpaired) electrons. The van der Waals surface area contributed by atoms with Gasteiger partial charge in [-0.2, -0.15) is 13.2 Å². The minimum Gasteiger partial charge on any atom is -0.393 e. The van der Waals surface area contributed by atoms with Gasteiger partial charge in [-0.1, -0.05) is 0 Å². The van der Waals surface area contributed by atoms with Gasteiger partial charge in [-0.3, -0.25) is 4.99 Å². The molecule has 130 valence electrons. The van der Waals surface area contributed by atoms with E-state index in [2.05, 4.69) is 20.2 Å². The van der Waals surface area contributed by atoms with E-state index in [1.807, 2.05) is 6.92 Å². The van der Waals surface area contributed by atoms with Crippen molar-refractivity contribution in [2.24, 2.45) is 4.99 Å². The van der Waals surface area contributed by atoms with Gasteiger partial charge in [0, 0.05) is 38.0 Å². The molecule has 23 heavy (non-hydrogen) atoms. The number of nitrogens with one attached hydrogen (secondary N) is 1. The molecule has 5 nitrogen and oxygen atoms in total. The second kappa shape index (κ2) is 7.96. The Bertz CT molecular complexity index is 524. The Kier molecular flexibility index (Phi) is 6.23. The van der Waals surface area contributed by atoms with Gasteiger partial charge in [0.2, 0.25) is 0 Å². The first-order valence-electron chi connectivity index (χ1n) is 7.63. The molecule has 1 aromatic heterocycles. The first-order chi connectivity index (χ1) is 10.9. The largest absolute Gasteiger partial charge is 0.434 e. The van der Waals surface area contributed by atoms with Crippen LogP contribution in [0.3, 0.4) is 0 Å². The first-order valence-corrected chi connectivity index (χ1v) is 8.51. The number of thiazole rings is 1. The summed E-state index contributed by atoms with van der Waals surface area (Å²) >= 11 is 1.01. The molecule has 1 aromatic rings. The summed E-state index contributed by atoms with van der Waals surface area (Å²) in [4.78, 5) is 10.1. The Morgan fingerprint density at radius 1 is 1.48 bits per heavy atom. The average molecular weight is 350 g/mol. The Hall–Kier alpha value is -1.35. The number of alkyl halides is 3. The second-order valence-corrected chi connectivity index (χ2v) is 6.27. The molecule has 9 heteroatoms. The van der Waals surface area contributed by atoms with E-state index in [0.717, 1.165) is 35.8 Å². The third-order valence-electron chi connectivity index (χ3n) is 3.53. The molecule has 2 heterocycles. The maximum absolute atomic E-state index is 12.5. The summed E-state index contributed by atoms with van der Waals surface area (Å²) in [7, 11) is 0. The topological polar surface area (TPSA) is 60.8 Å². The Balaban J connectivity index is 1.91. The van der Waals surface area contributed by atoms with Crippen LogP contribution in [0.5, 0.6) is 0 Å². The van der Waals surface area contributed by atoms with Crippen LogP contribution in [-0.4, -0.2) is 53.2 Å². The number of hydrogen-bond acceptors (Lipinski definition) is 4. The van der Waals surface area contributed by atoms with Crippen molar-refractivity contribution in [3.05, 3.63) is 16.1 Å². The molecule has 1 aliphatic heterocycles. The number of nitrogens with zero attached hydrogens (tertiary/aromatic N) is 3. The van der Waals surface area contributed by atoms with Crippen molar-refractivity contribution in [1.29, 1.82) is 0 Å². The van der Waals surface area contributed by atoms with E-state index in [1.165, 1.54) is 0 Å². The number of likely N-dealkylation sites (tertiary alicyclic amines) is 1. The molecule has 1 saturated heterocycles. The highest BCUT2D eigenvalue weighted by molar-refractivity contribution is 7.09. The molecular formula is C14H21F3N4OS. The van der Waals surface area contributed by atoms with Gasteiger partial charge in [0.15, 0.2) is 11.7 Å². The fourth-order valence-corrected chi connectivity index (χ4v) is 3.11. The fourth-order valence-electron chi connectivity index (χ4n) is 2.32. The van der Waals surface area contributed by atoms with E-state index in [-0.39, 0.29) is 6.10 Å². The highest BCUT2D eigenvalue weighted by Crippen LogP contribution is 2.30. The van der Waals surface area contributed by atoms with Crippen LogP contribution in [0.2, 0.25) is 0 Å². The smallest absolute Gasteiger partial charge is 0.393 e. The van der Waals surface area contributed by atoms with Gasteiger partial charge < -0.3 is 15.3 Å². The molecule has 0 aromatic carbocycles. The van der Waals surface area contributed by atoms with Crippen LogP contribution in [0.1, 0.15) is 30.5 Å². The zero-order chi connectivity index (χ0) is 16.9. The monoisotopic (exact) mass is 350 g/mol. The molecular weight excluding hydrogens is 329 g/mol. The number of rotatable bonds is 4. The molecule has 2 rings (SSSR count). The summed E-state index contributed by atoms with van der Waals surface area (Å²) in [6.07, 6.45) is -2.86. The molecule has 0 aliphatic carbocycles. The summed E-state index contributed by atoms with van der Waals surface area (Å²) in [5.74, 6) is 0.743. The van der Waals surface area contributed by atoms with E-state index in [4.69, 9.17) is 0 Å². The third kappa shape index (κ3) is 5.35. The third-order valence-corrected chi connectivity index (χ3v) is 4.44. The Morgan fingerprint density at radius 3 is 2.74 bits per heavy atom. The zero-order valence-electron chi connectivity index (χ0n) is 12.9. The van der Waals surface area contributed by atoms with E-state index < -0.39 is 11.9 Å². The van der Waals surface area contributed by atoms with Gasteiger partial charge >= 0.3 is 6.18 Å². The molecule has 0 bridgehead atoms. The van der Waals surface area contributed by atoms with Gasteiger partial charge in [0.1, 0.15) is 0 Å². The number of hydrogen-bond donors (Lipinski definition) is 2. The molecule has 0 atom stereocenters. The number of halogens is 3. The molecule has 0 amide bonds. The lowest BCUT2D eigenvalue weighted by atomic mass is 10.1. The molecule has 0 spiro atoms. The summed E-state index contributed by atoms with van der Waals surface area (Å²) < 4.78 is 37.5. The molecule has 1 aliphatic rings. The van der Waals surface area contributed by atoms with E-state index >= 15 is 0 Å². The van der Waals surface area contributed by atoms with Crippen molar-refractivity contribution in [1.82, 2.24) is 15.2 Å². The SMILES string of the molecule is CCNC(=NCCc1nc(C(F)(F)F)cs1)N1CCC(O)CC1. The summed E-state index contributed by atoms with van der Waals surface area (Å²) in [5, 5.41) is 14.2. The van der Waals surface area contributed by atoms with E-state index in [0.29, 0.717) is 37.4 Å². The maximum Gasteiger partial charge on any atom is 0.434 e. The lowest BCUT2D eigenvalue weighted by Gasteiger charge is -2.32. The Morgan fingerprint density at radius 2 is 2.17 bits per heavy atom. The summed E-state index contributed by atoms with van der Waals surface area (Å²) in [6.45, 7) is 4.51. The Labute approximate surface area is 137 Å². The van der Waals surface area contributed by atoms with Gasteiger partial charge in [-0.25, -0.2) is 4.98 Å².